The Kier molecular flexibility index (Phi) is 3.34. The van der Waals surface area contributed by atoms with Gasteiger partial charge in [0, 0.05) is 6.54 Å². The van der Waals surface area contributed by atoms with Crippen LogP contribution < -0.4 is 5.32 Å². The number of anilines is 1. The molecule has 0 saturated heterocycles. The number of ether oxygens (including phenoxy) is 1. The summed E-state index contributed by atoms with van der Waals surface area (Å²) in [5.41, 5.74) is 1.11. The summed E-state index contributed by atoms with van der Waals surface area (Å²) in [4.78, 5) is 15.1. The summed E-state index contributed by atoms with van der Waals surface area (Å²) in [6, 6.07) is 9.83. The highest BCUT2D eigenvalue weighted by Gasteiger charge is 2.11. The van der Waals surface area contributed by atoms with E-state index in [1.54, 1.807) is 0 Å². The Bertz CT molecular complexity index is 495. The van der Waals surface area contributed by atoms with Gasteiger partial charge in [0.1, 0.15) is 0 Å². The number of esters is 1. The van der Waals surface area contributed by atoms with Crippen molar-refractivity contribution in [1.82, 2.24) is 15.2 Å². The lowest BCUT2D eigenvalue weighted by atomic mass is 10.2. The molecule has 6 heteroatoms. The molecule has 0 bridgehead atoms. The van der Waals surface area contributed by atoms with Crippen LogP contribution in [0.25, 0.3) is 0 Å². The first-order valence-electron chi connectivity index (χ1n) is 5.08. The van der Waals surface area contributed by atoms with E-state index in [2.05, 4.69) is 25.2 Å². The fourth-order valence-electron chi connectivity index (χ4n) is 1.31. The Morgan fingerprint density at radius 3 is 2.88 bits per heavy atom. The van der Waals surface area contributed by atoms with Crippen molar-refractivity contribution in [3.63, 3.8) is 0 Å². The first kappa shape index (κ1) is 11.1. The number of aromatic amines is 1. The summed E-state index contributed by atoms with van der Waals surface area (Å²) in [5.74, 6) is -0.0809. The molecular weight excluding hydrogens is 220 g/mol. The van der Waals surface area contributed by atoms with E-state index >= 15 is 0 Å². The van der Waals surface area contributed by atoms with E-state index in [4.69, 9.17) is 0 Å². The molecule has 0 saturated carbocycles. The molecule has 88 valence electrons. The SMILES string of the molecule is COC(=O)c1nc(NCc2ccccc2)n[nH]1. The van der Waals surface area contributed by atoms with Crippen molar-refractivity contribution in [3.05, 3.63) is 41.7 Å². The molecule has 1 aromatic heterocycles. The molecule has 0 fully saturated rings. The van der Waals surface area contributed by atoms with Crippen LogP contribution in [0.2, 0.25) is 0 Å². The van der Waals surface area contributed by atoms with E-state index in [0.29, 0.717) is 12.5 Å². The Hall–Kier alpha value is -2.37. The summed E-state index contributed by atoms with van der Waals surface area (Å²) in [5, 5.41) is 9.35. The summed E-state index contributed by atoms with van der Waals surface area (Å²) in [7, 11) is 1.29. The van der Waals surface area contributed by atoms with Gasteiger partial charge < -0.3 is 10.1 Å². The topological polar surface area (TPSA) is 79.9 Å². The Morgan fingerprint density at radius 2 is 2.18 bits per heavy atom. The molecule has 0 aliphatic rings. The zero-order chi connectivity index (χ0) is 12.1. The van der Waals surface area contributed by atoms with E-state index in [-0.39, 0.29) is 5.82 Å². The van der Waals surface area contributed by atoms with E-state index in [0.717, 1.165) is 5.56 Å². The van der Waals surface area contributed by atoms with Crippen molar-refractivity contribution in [3.8, 4) is 0 Å². The van der Waals surface area contributed by atoms with Crippen LogP contribution in [0.4, 0.5) is 5.95 Å². The highest BCUT2D eigenvalue weighted by atomic mass is 16.5. The summed E-state index contributed by atoms with van der Waals surface area (Å²) in [6.07, 6.45) is 0. The number of carbonyl (C=O) groups excluding carboxylic acids is 1. The molecule has 2 aromatic rings. The van der Waals surface area contributed by atoms with Crippen molar-refractivity contribution < 1.29 is 9.53 Å². The minimum Gasteiger partial charge on any atom is -0.463 e. The van der Waals surface area contributed by atoms with Crippen LogP contribution in [0.5, 0.6) is 0 Å². The van der Waals surface area contributed by atoms with Gasteiger partial charge in [-0.3, -0.25) is 5.10 Å². The molecular formula is C11H12N4O2. The molecule has 2 rings (SSSR count). The average molecular weight is 232 g/mol. The fourth-order valence-corrected chi connectivity index (χ4v) is 1.31. The number of benzene rings is 1. The molecule has 0 aliphatic heterocycles. The maximum atomic E-state index is 11.1. The predicted octanol–water partition coefficient (Wildman–Crippen LogP) is 1.20. The van der Waals surface area contributed by atoms with Crippen molar-refractivity contribution in [2.45, 2.75) is 6.54 Å². The van der Waals surface area contributed by atoms with Crippen LogP contribution in [0.1, 0.15) is 16.2 Å². The molecule has 0 radical (unpaired) electrons. The molecule has 0 aliphatic carbocycles. The van der Waals surface area contributed by atoms with Gasteiger partial charge in [-0.1, -0.05) is 30.3 Å². The van der Waals surface area contributed by atoms with Crippen LogP contribution in [-0.4, -0.2) is 28.3 Å². The Balaban J connectivity index is 1.96. The summed E-state index contributed by atoms with van der Waals surface area (Å²) >= 11 is 0. The number of aromatic nitrogens is 3. The fraction of sp³-hybridized carbons (Fsp3) is 0.182. The number of carbonyl (C=O) groups is 1. The van der Waals surface area contributed by atoms with Gasteiger partial charge in [-0.15, -0.1) is 5.10 Å². The summed E-state index contributed by atoms with van der Waals surface area (Å²) in [6.45, 7) is 0.597. The predicted molar refractivity (Wildman–Crippen MR) is 61.5 cm³/mol. The largest absolute Gasteiger partial charge is 0.463 e. The molecule has 0 spiro atoms. The average Bonchev–Trinajstić information content (AvgIpc) is 2.85. The van der Waals surface area contributed by atoms with Crippen LogP contribution >= 0.6 is 0 Å². The number of nitrogens with one attached hydrogen (secondary N) is 2. The second kappa shape index (κ2) is 5.11. The zero-order valence-electron chi connectivity index (χ0n) is 9.30. The highest BCUT2D eigenvalue weighted by Crippen LogP contribution is 2.04. The minimum atomic E-state index is -0.537. The van der Waals surface area contributed by atoms with Gasteiger partial charge in [0.05, 0.1) is 7.11 Å². The number of hydrogen-bond acceptors (Lipinski definition) is 5. The Morgan fingerprint density at radius 1 is 1.41 bits per heavy atom. The normalized spacial score (nSPS) is 9.94. The zero-order valence-corrected chi connectivity index (χ0v) is 9.30. The molecule has 0 atom stereocenters. The number of H-pyrrole nitrogens is 1. The maximum Gasteiger partial charge on any atom is 0.375 e. The van der Waals surface area contributed by atoms with Crippen molar-refractivity contribution in [2.75, 3.05) is 12.4 Å². The van der Waals surface area contributed by atoms with Gasteiger partial charge in [0.2, 0.25) is 11.8 Å². The van der Waals surface area contributed by atoms with Gasteiger partial charge in [0.25, 0.3) is 0 Å². The smallest absolute Gasteiger partial charge is 0.375 e. The van der Waals surface area contributed by atoms with Crippen molar-refractivity contribution >= 4 is 11.9 Å². The molecule has 2 N–H and O–H groups in total. The van der Waals surface area contributed by atoms with E-state index in [9.17, 15) is 4.79 Å². The second-order valence-corrected chi connectivity index (χ2v) is 3.34. The number of rotatable bonds is 4. The van der Waals surface area contributed by atoms with Crippen LogP contribution in [0, 0.1) is 0 Å². The lowest BCUT2D eigenvalue weighted by Crippen LogP contribution is -2.04. The molecule has 6 nitrogen and oxygen atoms in total. The number of nitrogens with zero attached hydrogens (tertiary/aromatic N) is 2. The molecule has 0 unspecified atom stereocenters. The second-order valence-electron chi connectivity index (χ2n) is 3.34. The maximum absolute atomic E-state index is 11.1. The van der Waals surface area contributed by atoms with E-state index < -0.39 is 5.97 Å². The van der Waals surface area contributed by atoms with Crippen molar-refractivity contribution in [1.29, 1.82) is 0 Å². The van der Waals surface area contributed by atoms with Crippen LogP contribution in [0.3, 0.4) is 0 Å². The molecule has 17 heavy (non-hydrogen) atoms. The van der Waals surface area contributed by atoms with Gasteiger partial charge in [-0.2, -0.15) is 4.98 Å². The third-order valence-corrected chi connectivity index (χ3v) is 2.16. The monoisotopic (exact) mass is 232 g/mol. The summed E-state index contributed by atoms with van der Waals surface area (Å²) < 4.78 is 4.51. The Labute approximate surface area is 98.0 Å². The van der Waals surface area contributed by atoms with Gasteiger partial charge in [-0.25, -0.2) is 4.79 Å². The number of hydrogen-bond donors (Lipinski definition) is 2. The van der Waals surface area contributed by atoms with Gasteiger partial charge in [-0.05, 0) is 5.56 Å². The van der Waals surface area contributed by atoms with E-state index in [1.807, 2.05) is 30.3 Å². The van der Waals surface area contributed by atoms with E-state index in [1.165, 1.54) is 7.11 Å². The number of methoxy groups -OCH3 is 1. The molecule has 1 heterocycles. The molecule has 1 aromatic carbocycles. The lowest BCUT2D eigenvalue weighted by Gasteiger charge is -2.00. The first-order chi connectivity index (χ1) is 8.29. The highest BCUT2D eigenvalue weighted by molar-refractivity contribution is 5.85. The van der Waals surface area contributed by atoms with Crippen LogP contribution in [0.15, 0.2) is 30.3 Å². The van der Waals surface area contributed by atoms with Gasteiger partial charge >= 0.3 is 5.97 Å². The first-order valence-corrected chi connectivity index (χ1v) is 5.08. The van der Waals surface area contributed by atoms with Crippen LogP contribution in [-0.2, 0) is 11.3 Å². The van der Waals surface area contributed by atoms with Crippen molar-refractivity contribution in [2.24, 2.45) is 0 Å². The standard InChI is InChI=1S/C11H12N4O2/c1-17-10(16)9-13-11(15-14-9)12-7-8-5-3-2-4-6-8/h2-6H,7H2,1H3,(H2,12,13,14,15). The molecule has 0 amide bonds. The van der Waals surface area contributed by atoms with Gasteiger partial charge in [0.15, 0.2) is 0 Å². The third-order valence-electron chi connectivity index (χ3n) is 2.16. The third kappa shape index (κ3) is 2.81. The quantitative estimate of drug-likeness (QED) is 0.774. The minimum absolute atomic E-state index is 0.0862. The lowest BCUT2D eigenvalue weighted by molar-refractivity contribution is 0.0587.